The van der Waals surface area contributed by atoms with Crippen LogP contribution in [0.5, 0.6) is 0 Å². The molecule has 0 aromatic rings. The summed E-state index contributed by atoms with van der Waals surface area (Å²) in [6.07, 6.45) is 2.65. The summed E-state index contributed by atoms with van der Waals surface area (Å²) in [4.78, 5) is 28.1. The van der Waals surface area contributed by atoms with Crippen molar-refractivity contribution in [1.29, 1.82) is 0 Å². The second-order valence-corrected chi connectivity index (χ2v) is 5.41. The van der Waals surface area contributed by atoms with Crippen LogP contribution in [-0.4, -0.2) is 60.5 Å². The predicted octanol–water partition coefficient (Wildman–Crippen LogP) is 0.882. The van der Waals surface area contributed by atoms with Crippen LogP contribution in [-0.2, 0) is 14.3 Å². The first kappa shape index (κ1) is 14.3. The van der Waals surface area contributed by atoms with Crippen LogP contribution in [0, 0.1) is 5.92 Å². The minimum atomic E-state index is -0.0743. The number of carbonyl (C=O) groups is 2. The van der Waals surface area contributed by atoms with E-state index >= 15 is 0 Å². The van der Waals surface area contributed by atoms with E-state index in [4.69, 9.17) is 4.74 Å². The highest BCUT2D eigenvalue weighted by molar-refractivity contribution is 5.86. The molecule has 0 bridgehead atoms. The molecule has 2 heterocycles. The third-order valence-electron chi connectivity index (χ3n) is 4.15. The molecular weight excluding hydrogens is 244 g/mol. The van der Waals surface area contributed by atoms with Gasteiger partial charge in [-0.3, -0.25) is 9.59 Å². The molecule has 0 aliphatic carbocycles. The maximum absolute atomic E-state index is 12.5. The fourth-order valence-electron chi connectivity index (χ4n) is 2.92. The number of carbonyl (C=O) groups excluding carboxylic acids is 2. The third-order valence-corrected chi connectivity index (χ3v) is 4.15. The van der Waals surface area contributed by atoms with Crippen molar-refractivity contribution >= 4 is 11.8 Å². The van der Waals surface area contributed by atoms with Crippen LogP contribution in [0.2, 0.25) is 0 Å². The molecule has 2 aliphatic rings. The van der Waals surface area contributed by atoms with Gasteiger partial charge in [0, 0.05) is 26.2 Å². The summed E-state index contributed by atoms with van der Waals surface area (Å²) >= 11 is 0. The lowest BCUT2D eigenvalue weighted by Crippen LogP contribution is -2.45. The first-order chi connectivity index (χ1) is 9.13. The summed E-state index contributed by atoms with van der Waals surface area (Å²) in [5.74, 6) is 0.0889. The number of hydrogen-bond acceptors (Lipinski definition) is 3. The van der Waals surface area contributed by atoms with E-state index in [0.717, 1.165) is 39.0 Å². The first-order valence-corrected chi connectivity index (χ1v) is 7.31. The minimum absolute atomic E-state index is 0.0260. The van der Waals surface area contributed by atoms with E-state index in [1.807, 2.05) is 18.7 Å². The minimum Gasteiger partial charge on any atom is -0.378 e. The van der Waals surface area contributed by atoms with Crippen LogP contribution in [0.15, 0.2) is 0 Å². The lowest BCUT2D eigenvalue weighted by molar-refractivity contribution is -0.147. The Kier molecular flexibility index (Phi) is 4.80. The SMILES string of the molecule is CCN1CCCN(C(=O)[C@H]2CCCO[C@H]2C)CC1=O. The second-order valence-electron chi connectivity index (χ2n) is 5.41. The predicted molar refractivity (Wildman–Crippen MR) is 71.6 cm³/mol. The van der Waals surface area contributed by atoms with Gasteiger partial charge in [-0.15, -0.1) is 0 Å². The van der Waals surface area contributed by atoms with E-state index in [-0.39, 0.29) is 30.4 Å². The van der Waals surface area contributed by atoms with Crippen LogP contribution < -0.4 is 0 Å². The maximum atomic E-state index is 12.5. The van der Waals surface area contributed by atoms with Gasteiger partial charge < -0.3 is 14.5 Å². The molecule has 0 aromatic carbocycles. The molecule has 2 atom stereocenters. The van der Waals surface area contributed by atoms with Crippen molar-refractivity contribution in [3.63, 3.8) is 0 Å². The van der Waals surface area contributed by atoms with Crippen LogP contribution in [0.3, 0.4) is 0 Å². The Morgan fingerprint density at radius 1 is 1.37 bits per heavy atom. The normalized spacial score (nSPS) is 29.3. The van der Waals surface area contributed by atoms with Crippen LogP contribution in [0.25, 0.3) is 0 Å². The van der Waals surface area contributed by atoms with Crippen molar-refractivity contribution in [2.45, 2.75) is 39.2 Å². The Morgan fingerprint density at radius 3 is 2.84 bits per heavy atom. The van der Waals surface area contributed by atoms with Gasteiger partial charge in [-0.25, -0.2) is 0 Å². The molecule has 2 saturated heterocycles. The number of nitrogens with zero attached hydrogens (tertiary/aromatic N) is 2. The summed E-state index contributed by atoms with van der Waals surface area (Å²) in [7, 11) is 0. The molecule has 2 amide bonds. The molecule has 5 nitrogen and oxygen atoms in total. The molecule has 0 saturated carbocycles. The fraction of sp³-hybridized carbons (Fsp3) is 0.857. The van der Waals surface area contributed by atoms with Gasteiger partial charge in [-0.2, -0.15) is 0 Å². The Balaban J connectivity index is 2.00. The molecule has 5 heteroatoms. The molecule has 0 unspecified atom stereocenters. The lowest BCUT2D eigenvalue weighted by atomic mass is 9.94. The highest BCUT2D eigenvalue weighted by atomic mass is 16.5. The monoisotopic (exact) mass is 268 g/mol. The lowest BCUT2D eigenvalue weighted by Gasteiger charge is -2.32. The molecule has 0 N–H and O–H groups in total. The van der Waals surface area contributed by atoms with Crippen LogP contribution >= 0.6 is 0 Å². The second kappa shape index (κ2) is 6.37. The molecule has 0 spiro atoms. The Bertz CT molecular complexity index is 346. The molecule has 108 valence electrons. The third kappa shape index (κ3) is 3.26. The van der Waals surface area contributed by atoms with Gasteiger partial charge >= 0.3 is 0 Å². The number of rotatable bonds is 2. The topological polar surface area (TPSA) is 49.9 Å². The highest BCUT2D eigenvalue weighted by Crippen LogP contribution is 2.23. The average Bonchev–Trinajstić information content (AvgIpc) is 2.60. The van der Waals surface area contributed by atoms with E-state index in [0.29, 0.717) is 6.54 Å². The van der Waals surface area contributed by atoms with E-state index in [1.54, 1.807) is 4.90 Å². The molecular formula is C14H24N2O3. The largest absolute Gasteiger partial charge is 0.378 e. The molecule has 0 radical (unpaired) electrons. The van der Waals surface area contributed by atoms with E-state index in [1.165, 1.54) is 0 Å². The van der Waals surface area contributed by atoms with Gasteiger partial charge in [-0.1, -0.05) is 0 Å². The van der Waals surface area contributed by atoms with Crippen molar-refractivity contribution in [1.82, 2.24) is 9.80 Å². The average molecular weight is 268 g/mol. The Morgan fingerprint density at radius 2 is 2.16 bits per heavy atom. The van der Waals surface area contributed by atoms with Crippen molar-refractivity contribution in [2.75, 3.05) is 32.8 Å². The zero-order chi connectivity index (χ0) is 13.8. The quantitative estimate of drug-likeness (QED) is 0.747. The van der Waals surface area contributed by atoms with Crippen molar-refractivity contribution in [3.8, 4) is 0 Å². The Hall–Kier alpha value is -1.10. The van der Waals surface area contributed by atoms with Gasteiger partial charge in [-0.05, 0) is 33.1 Å². The zero-order valence-electron chi connectivity index (χ0n) is 11.9. The molecule has 0 aromatic heterocycles. The van der Waals surface area contributed by atoms with E-state index in [9.17, 15) is 9.59 Å². The van der Waals surface area contributed by atoms with Crippen LogP contribution in [0.4, 0.5) is 0 Å². The van der Waals surface area contributed by atoms with Gasteiger partial charge in [0.15, 0.2) is 0 Å². The molecule has 2 aliphatic heterocycles. The van der Waals surface area contributed by atoms with Crippen molar-refractivity contribution < 1.29 is 14.3 Å². The van der Waals surface area contributed by atoms with Gasteiger partial charge in [0.1, 0.15) is 0 Å². The number of amides is 2. The summed E-state index contributed by atoms with van der Waals surface area (Å²) in [6, 6.07) is 0. The van der Waals surface area contributed by atoms with E-state index in [2.05, 4.69) is 0 Å². The fourth-order valence-corrected chi connectivity index (χ4v) is 2.92. The molecule has 19 heavy (non-hydrogen) atoms. The van der Waals surface area contributed by atoms with Gasteiger partial charge in [0.2, 0.25) is 11.8 Å². The summed E-state index contributed by atoms with van der Waals surface area (Å²) in [5, 5.41) is 0. The summed E-state index contributed by atoms with van der Waals surface area (Å²) < 4.78 is 5.56. The number of likely N-dealkylation sites (N-methyl/N-ethyl adjacent to an activating group) is 1. The van der Waals surface area contributed by atoms with Gasteiger partial charge in [0.05, 0.1) is 18.6 Å². The summed E-state index contributed by atoms with van der Waals surface area (Å²) in [6.45, 7) is 7.08. The molecule has 2 fully saturated rings. The van der Waals surface area contributed by atoms with Crippen molar-refractivity contribution in [2.24, 2.45) is 5.92 Å². The highest BCUT2D eigenvalue weighted by Gasteiger charge is 2.34. The van der Waals surface area contributed by atoms with Crippen LogP contribution in [0.1, 0.15) is 33.1 Å². The summed E-state index contributed by atoms with van der Waals surface area (Å²) in [5.41, 5.74) is 0. The number of ether oxygens (including phenoxy) is 1. The Labute approximate surface area is 114 Å². The zero-order valence-corrected chi connectivity index (χ0v) is 11.9. The van der Waals surface area contributed by atoms with E-state index < -0.39 is 0 Å². The first-order valence-electron chi connectivity index (χ1n) is 7.31. The van der Waals surface area contributed by atoms with Crippen molar-refractivity contribution in [3.05, 3.63) is 0 Å². The maximum Gasteiger partial charge on any atom is 0.242 e. The standard InChI is InChI=1S/C14H24N2O3/c1-3-15-7-5-8-16(10-13(15)17)14(18)12-6-4-9-19-11(12)2/h11-12H,3-10H2,1-2H3/t11-,12-/m0/s1. The van der Waals surface area contributed by atoms with Gasteiger partial charge in [0.25, 0.3) is 0 Å². The smallest absolute Gasteiger partial charge is 0.242 e. The number of hydrogen-bond donors (Lipinski definition) is 0. The molecule has 2 rings (SSSR count).